The van der Waals surface area contributed by atoms with E-state index in [1.54, 1.807) is 19.1 Å². The van der Waals surface area contributed by atoms with E-state index in [4.69, 9.17) is 0 Å². The molecule has 0 radical (unpaired) electrons. The standard InChI is InChI=1S/C26H32FN3O5S/c1-18(26(33)28-22-11-5-6-12-22)29(16-21-9-4-7-14-24(21)27)25(32)17-30(36(3,34)35)23-13-8-10-20(15-23)19(2)31/h4,7-10,13-15,18,22H,5-6,11-12,16-17H2,1-3H3,(H,28,33). The van der Waals surface area contributed by atoms with E-state index in [0.29, 0.717) is 5.56 Å². The molecule has 0 spiro atoms. The average molecular weight is 518 g/mol. The molecule has 1 fully saturated rings. The number of ketones is 1. The van der Waals surface area contributed by atoms with Crippen molar-refractivity contribution in [1.29, 1.82) is 0 Å². The zero-order chi connectivity index (χ0) is 26.5. The van der Waals surface area contributed by atoms with Gasteiger partial charge in [0.15, 0.2) is 5.78 Å². The van der Waals surface area contributed by atoms with Gasteiger partial charge in [-0.05, 0) is 44.9 Å². The quantitative estimate of drug-likeness (QED) is 0.487. The lowest BCUT2D eigenvalue weighted by Gasteiger charge is -2.32. The number of sulfonamides is 1. The minimum Gasteiger partial charge on any atom is -0.352 e. The summed E-state index contributed by atoms with van der Waals surface area (Å²) in [5.74, 6) is -1.84. The maximum absolute atomic E-state index is 14.5. The molecule has 10 heteroatoms. The molecule has 1 atom stereocenters. The van der Waals surface area contributed by atoms with Gasteiger partial charge in [-0.15, -0.1) is 0 Å². The summed E-state index contributed by atoms with van der Waals surface area (Å²) < 4.78 is 40.6. The molecule has 2 aromatic carbocycles. The molecule has 0 heterocycles. The first-order chi connectivity index (χ1) is 17.0. The molecular weight excluding hydrogens is 485 g/mol. The molecule has 1 unspecified atom stereocenters. The molecule has 1 aliphatic carbocycles. The fraction of sp³-hybridized carbons (Fsp3) is 0.423. The van der Waals surface area contributed by atoms with Gasteiger partial charge in [-0.1, -0.05) is 43.2 Å². The molecule has 1 aliphatic rings. The lowest BCUT2D eigenvalue weighted by atomic mass is 10.1. The summed E-state index contributed by atoms with van der Waals surface area (Å²) >= 11 is 0. The highest BCUT2D eigenvalue weighted by Crippen LogP contribution is 2.22. The van der Waals surface area contributed by atoms with Crippen LogP contribution in [0.5, 0.6) is 0 Å². The van der Waals surface area contributed by atoms with E-state index < -0.39 is 34.3 Å². The average Bonchev–Trinajstić information content (AvgIpc) is 3.33. The van der Waals surface area contributed by atoms with Crippen molar-refractivity contribution in [2.45, 2.75) is 58.2 Å². The summed E-state index contributed by atoms with van der Waals surface area (Å²) in [6, 6.07) is 10.9. The zero-order valence-electron chi connectivity index (χ0n) is 20.7. The molecule has 0 bridgehead atoms. The van der Waals surface area contributed by atoms with E-state index >= 15 is 0 Å². The summed E-state index contributed by atoms with van der Waals surface area (Å²) in [5.41, 5.74) is 0.643. The van der Waals surface area contributed by atoms with Crippen LogP contribution in [0.1, 0.15) is 55.5 Å². The molecule has 0 aliphatic heterocycles. The van der Waals surface area contributed by atoms with Crippen molar-refractivity contribution in [2.75, 3.05) is 17.1 Å². The van der Waals surface area contributed by atoms with Crippen LogP contribution in [0.4, 0.5) is 10.1 Å². The van der Waals surface area contributed by atoms with Gasteiger partial charge in [0.2, 0.25) is 21.8 Å². The number of carbonyl (C=O) groups excluding carboxylic acids is 3. The van der Waals surface area contributed by atoms with Gasteiger partial charge in [-0.3, -0.25) is 18.7 Å². The van der Waals surface area contributed by atoms with Crippen LogP contribution in [0.2, 0.25) is 0 Å². The molecule has 1 N–H and O–H groups in total. The Hall–Kier alpha value is -3.27. The number of rotatable bonds is 10. The summed E-state index contributed by atoms with van der Waals surface area (Å²) in [4.78, 5) is 39.6. The molecule has 194 valence electrons. The SMILES string of the molecule is CC(=O)c1cccc(N(CC(=O)N(Cc2ccccc2F)C(C)C(=O)NC2CCCC2)S(C)(=O)=O)c1. The van der Waals surface area contributed by atoms with Crippen molar-refractivity contribution in [3.63, 3.8) is 0 Å². The number of anilines is 1. The number of nitrogens with one attached hydrogen (secondary N) is 1. The molecule has 2 aromatic rings. The molecule has 3 rings (SSSR count). The van der Waals surface area contributed by atoms with Gasteiger partial charge < -0.3 is 10.2 Å². The Labute approximate surface area is 211 Å². The van der Waals surface area contributed by atoms with Crippen LogP contribution in [0, 0.1) is 5.82 Å². The van der Waals surface area contributed by atoms with E-state index in [-0.39, 0.29) is 35.5 Å². The second-order valence-electron chi connectivity index (χ2n) is 9.16. The Morgan fingerprint density at radius 2 is 1.75 bits per heavy atom. The van der Waals surface area contributed by atoms with Gasteiger partial charge in [0.25, 0.3) is 0 Å². The highest BCUT2D eigenvalue weighted by atomic mass is 32.2. The third kappa shape index (κ3) is 6.90. The molecule has 0 saturated heterocycles. The Morgan fingerprint density at radius 3 is 2.36 bits per heavy atom. The third-order valence-electron chi connectivity index (χ3n) is 6.39. The van der Waals surface area contributed by atoms with Crippen molar-refractivity contribution in [3.05, 3.63) is 65.5 Å². The molecule has 0 aromatic heterocycles. The first-order valence-electron chi connectivity index (χ1n) is 11.9. The van der Waals surface area contributed by atoms with Crippen LogP contribution >= 0.6 is 0 Å². The van der Waals surface area contributed by atoms with Crippen molar-refractivity contribution in [3.8, 4) is 0 Å². The van der Waals surface area contributed by atoms with E-state index in [9.17, 15) is 27.2 Å². The highest BCUT2D eigenvalue weighted by Gasteiger charge is 2.32. The topological polar surface area (TPSA) is 104 Å². The molecule has 36 heavy (non-hydrogen) atoms. The lowest BCUT2D eigenvalue weighted by molar-refractivity contribution is -0.139. The van der Waals surface area contributed by atoms with E-state index in [0.717, 1.165) is 36.2 Å². The number of halogens is 1. The summed E-state index contributed by atoms with van der Waals surface area (Å²) in [5, 5.41) is 2.95. The third-order valence-corrected chi connectivity index (χ3v) is 7.53. The summed E-state index contributed by atoms with van der Waals surface area (Å²) in [6.07, 6.45) is 4.69. The lowest BCUT2D eigenvalue weighted by Crippen LogP contribution is -2.52. The number of hydrogen-bond acceptors (Lipinski definition) is 5. The fourth-order valence-corrected chi connectivity index (χ4v) is 5.12. The van der Waals surface area contributed by atoms with Gasteiger partial charge >= 0.3 is 0 Å². The van der Waals surface area contributed by atoms with Gasteiger partial charge in [0, 0.05) is 23.7 Å². The maximum Gasteiger partial charge on any atom is 0.244 e. The summed E-state index contributed by atoms with van der Waals surface area (Å²) in [7, 11) is -3.93. The van der Waals surface area contributed by atoms with Gasteiger partial charge in [-0.25, -0.2) is 12.8 Å². The van der Waals surface area contributed by atoms with Crippen LogP contribution in [0.15, 0.2) is 48.5 Å². The van der Waals surface area contributed by atoms with Crippen LogP contribution in [0.3, 0.4) is 0 Å². The maximum atomic E-state index is 14.5. The van der Waals surface area contributed by atoms with E-state index in [1.807, 2.05) is 0 Å². The number of carbonyl (C=O) groups is 3. The zero-order valence-corrected chi connectivity index (χ0v) is 21.6. The van der Waals surface area contributed by atoms with Crippen LogP contribution in [-0.4, -0.2) is 55.8 Å². The Kier molecular flexibility index (Phi) is 8.84. The van der Waals surface area contributed by atoms with Crippen LogP contribution in [0.25, 0.3) is 0 Å². The Morgan fingerprint density at radius 1 is 1.08 bits per heavy atom. The van der Waals surface area contributed by atoms with Gasteiger partial charge in [0.05, 0.1) is 11.9 Å². The Balaban J connectivity index is 1.91. The molecule has 1 saturated carbocycles. The van der Waals surface area contributed by atoms with Crippen LogP contribution in [-0.2, 0) is 26.2 Å². The second-order valence-corrected chi connectivity index (χ2v) is 11.1. The smallest absolute Gasteiger partial charge is 0.244 e. The second kappa shape index (κ2) is 11.6. The monoisotopic (exact) mass is 517 g/mol. The summed E-state index contributed by atoms with van der Waals surface area (Å²) in [6.45, 7) is 2.07. The van der Waals surface area contributed by atoms with Crippen molar-refractivity contribution >= 4 is 33.3 Å². The highest BCUT2D eigenvalue weighted by molar-refractivity contribution is 7.92. The normalized spacial score (nSPS) is 14.8. The first-order valence-corrected chi connectivity index (χ1v) is 13.7. The van der Waals surface area contributed by atoms with Crippen molar-refractivity contribution in [2.24, 2.45) is 0 Å². The number of nitrogens with zero attached hydrogens (tertiary/aromatic N) is 2. The number of benzene rings is 2. The number of Topliss-reactive ketones (excluding diaryl/α,β-unsaturated/α-hetero) is 1. The van der Waals surface area contributed by atoms with Crippen molar-refractivity contribution in [1.82, 2.24) is 10.2 Å². The predicted octanol–water partition coefficient (Wildman–Crippen LogP) is 3.27. The Bertz CT molecular complexity index is 1230. The fourth-order valence-electron chi connectivity index (χ4n) is 4.28. The largest absolute Gasteiger partial charge is 0.352 e. The van der Waals surface area contributed by atoms with Crippen molar-refractivity contribution < 1.29 is 27.2 Å². The molecule has 2 amide bonds. The minimum absolute atomic E-state index is 0.0206. The minimum atomic E-state index is -3.93. The predicted molar refractivity (Wildman–Crippen MR) is 135 cm³/mol. The van der Waals surface area contributed by atoms with Gasteiger partial charge in [-0.2, -0.15) is 0 Å². The van der Waals surface area contributed by atoms with Crippen LogP contribution < -0.4 is 9.62 Å². The molecular formula is C26H32FN3O5S. The van der Waals surface area contributed by atoms with E-state index in [2.05, 4.69) is 5.32 Å². The van der Waals surface area contributed by atoms with Gasteiger partial charge in [0.1, 0.15) is 18.4 Å². The van der Waals surface area contributed by atoms with E-state index in [1.165, 1.54) is 48.2 Å². The molecule has 8 nitrogen and oxygen atoms in total. The first kappa shape index (κ1) is 27.3. The number of hydrogen-bond donors (Lipinski definition) is 1. The number of amides is 2.